The van der Waals surface area contributed by atoms with Crippen LogP contribution in [0.5, 0.6) is 0 Å². The molecular weight excluding hydrogens is 402 g/mol. The first-order valence-corrected chi connectivity index (χ1v) is 10.9. The summed E-state index contributed by atoms with van der Waals surface area (Å²) in [7, 11) is 0. The lowest BCUT2D eigenvalue weighted by Crippen LogP contribution is -2.39. The van der Waals surface area contributed by atoms with E-state index in [-0.39, 0.29) is 17.8 Å². The molecule has 0 radical (unpaired) electrons. The number of carbonyl (C=O) groups is 2. The minimum absolute atomic E-state index is 0.0699. The lowest BCUT2D eigenvalue weighted by atomic mass is 9.89. The van der Waals surface area contributed by atoms with Crippen molar-refractivity contribution in [3.8, 4) is 11.1 Å². The van der Waals surface area contributed by atoms with Crippen LogP contribution in [-0.4, -0.2) is 39.8 Å². The third kappa shape index (κ3) is 4.94. The first-order chi connectivity index (χ1) is 15.5. The number of carbonyl (C=O) groups excluding carboxylic acids is 2. The van der Waals surface area contributed by atoms with Crippen molar-refractivity contribution >= 4 is 17.8 Å². The first-order valence-electron chi connectivity index (χ1n) is 10.9. The number of aryl methyl sites for hydroxylation is 1. The second-order valence-corrected chi connectivity index (χ2v) is 8.13. The highest BCUT2D eigenvalue weighted by Gasteiger charge is 2.28. The molecule has 164 valence electrons. The van der Waals surface area contributed by atoms with Crippen molar-refractivity contribution in [1.82, 2.24) is 14.9 Å². The predicted molar refractivity (Wildman–Crippen MR) is 124 cm³/mol. The van der Waals surface area contributed by atoms with Gasteiger partial charge in [0.1, 0.15) is 0 Å². The van der Waals surface area contributed by atoms with Crippen LogP contribution in [0.1, 0.15) is 46.8 Å². The van der Waals surface area contributed by atoms with E-state index in [9.17, 15) is 9.59 Å². The molecule has 1 aliphatic heterocycles. The number of nitrogens with zero attached hydrogens (tertiary/aromatic N) is 3. The Morgan fingerprint density at radius 3 is 2.53 bits per heavy atom. The normalized spacial score (nSPS) is 16.0. The van der Waals surface area contributed by atoms with Crippen LogP contribution in [0.4, 0.5) is 5.95 Å². The number of likely N-dealkylation sites (tertiary alicyclic amines) is 1. The second-order valence-electron chi connectivity index (χ2n) is 8.13. The van der Waals surface area contributed by atoms with Crippen LogP contribution >= 0.6 is 0 Å². The van der Waals surface area contributed by atoms with Gasteiger partial charge in [0.2, 0.25) is 17.8 Å². The van der Waals surface area contributed by atoms with E-state index in [1.165, 1.54) is 5.56 Å². The van der Waals surface area contributed by atoms with Crippen molar-refractivity contribution in [2.45, 2.75) is 31.6 Å². The molecule has 32 heavy (non-hydrogen) atoms. The molecule has 0 aliphatic carbocycles. The lowest BCUT2D eigenvalue weighted by Gasteiger charge is -2.33. The number of nitrogen functional groups attached to an aromatic ring is 1. The van der Waals surface area contributed by atoms with Gasteiger partial charge in [-0.25, -0.2) is 9.97 Å². The Balaban J connectivity index is 1.52. The minimum atomic E-state index is -0.470. The number of primary amides is 1. The number of amides is 2. The zero-order chi connectivity index (χ0) is 22.5. The topological polar surface area (TPSA) is 115 Å². The Bertz CT molecular complexity index is 1100. The number of aromatic nitrogens is 2. The fraction of sp³-hybridized carbons (Fsp3) is 0.280. The molecule has 4 N–H and O–H groups in total. The molecule has 1 aromatic heterocycles. The zero-order valence-electron chi connectivity index (χ0n) is 17.9. The van der Waals surface area contributed by atoms with Crippen molar-refractivity contribution in [1.29, 1.82) is 0 Å². The molecule has 7 heteroatoms. The molecule has 0 saturated carbocycles. The van der Waals surface area contributed by atoms with Gasteiger partial charge in [-0.2, -0.15) is 0 Å². The molecule has 2 aromatic carbocycles. The summed E-state index contributed by atoms with van der Waals surface area (Å²) in [6.45, 7) is 1.36. The first kappa shape index (κ1) is 21.5. The Kier molecular flexibility index (Phi) is 6.44. The lowest BCUT2D eigenvalue weighted by molar-refractivity contribution is -0.132. The van der Waals surface area contributed by atoms with Crippen molar-refractivity contribution in [3.63, 3.8) is 0 Å². The number of benzene rings is 2. The quantitative estimate of drug-likeness (QED) is 0.624. The number of anilines is 1. The molecule has 1 saturated heterocycles. The van der Waals surface area contributed by atoms with E-state index in [0.29, 0.717) is 18.5 Å². The van der Waals surface area contributed by atoms with Crippen LogP contribution in [0.3, 0.4) is 0 Å². The average Bonchev–Trinajstić information content (AvgIpc) is 2.83. The van der Waals surface area contributed by atoms with Gasteiger partial charge >= 0.3 is 0 Å². The van der Waals surface area contributed by atoms with Gasteiger partial charge < -0.3 is 16.4 Å². The van der Waals surface area contributed by atoms with Gasteiger partial charge in [0.05, 0.1) is 5.69 Å². The summed E-state index contributed by atoms with van der Waals surface area (Å²) in [5.41, 5.74) is 15.5. The van der Waals surface area contributed by atoms with Gasteiger partial charge in [-0.15, -0.1) is 0 Å². The van der Waals surface area contributed by atoms with E-state index >= 15 is 0 Å². The number of hydrogen-bond acceptors (Lipinski definition) is 5. The molecule has 4 rings (SSSR count). The summed E-state index contributed by atoms with van der Waals surface area (Å²) < 4.78 is 0. The van der Waals surface area contributed by atoms with Crippen molar-refractivity contribution < 1.29 is 9.59 Å². The highest BCUT2D eigenvalue weighted by Crippen LogP contribution is 2.33. The van der Waals surface area contributed by atoms with Crippen LogP contribution in [0.15, 0.2) is 60.8 Å². The van der Waals surface area contributed by atoms with Crippen molar-refractivity contribution in [3.05, 3.63) is 77.6 Å². The SMILES string of the molecule is NC(=O)c1ccc(-c2cnc(N)nc2[C@@H]2CCCN(C(=O)CCc3ccccc3)C2)cc1. The molecule has 2 heterocycles. The maximum Gasteiger partial charge on any atom is 0.248 e. The summed E-state index contributed by atoms with van der Waals surface area (Å²) in [6.07, 6.45) is 4.77. The van der Waals surface area contributed by atoms with Crippen molar-refractivity contribution in [2.24, 2.45) is 5.73 Å². The average molecular weight is 430 g/mol. The summed E-state index contributed by atoms with van der Waals surface area (Å²) in [6, 6.07) is 17.1. The van der Waals surface area contributed by atoms with E-state index in [1.54, 1.807) is 18.3 Å². The van der Waals surface area contributed by atoms with Crippen molar-refractivity contribution in [2.75, 3.05) is 18.8 Å². The molecule has 1 fully saturated rings. The smallest absolute Gasteiger partial charge is 0.248 e. The van der Waals surface area contributed by atoms with Crippen LogP contribution in [0.2, 0.25) is 0 Å². The summed E-state index contributed by atoms with van der Waals surface area (Å²) in [4.78, 5) is 35.0. The van der Waals surface area contributed by atoms with Crippen LogP contribution in [-0.2, 0) is 11.2 Å². The Morgan fingerprint density at radius 2 is 1.81 bits per heavy atom. The molecule has 3 aromatic rings. The molecule has 1 atom stereocenters. The van der Waals surface area contributed by atoms with E-state index < -0.39 is 5.91 Å². The maximum atomic E-state index is 12.9. The van der Waals surface area contributed by atoms with Gasteiger partial charge in [0, 0.05) is 42.8 Å². The Labute approximate surface area is 187 Å². The molecule has 0 spiro atoms. The monoisotopic (exact) mass is 429 g/mol. The number of piperidine rings is 1. The summed E-state index contributed by atoms with van der Waals surface area (Å²) in [5.74, 6) is -0.0271. The predicted octanol–water partition coefficient (Wildman–Crippen LogP) is 3.16. The highest BCUT2D eigenvalue weighted by molar-refractivity contribution is 5.93. The van der Waals surface area contributed by atoms with Crippen LogP contribution in [0, 0.1) is 0 Å². The molecule has 0 unspecified atom stereocenters. The van der Waals surface area contributed by atoms with E-state index in [1.807, 2.05) is 47.4 Å². The van der Waals surface area contributed by atoms with E-state index in [2.05, 4.69) is 9.97 Å². The second kappa shape index (κ2) is 9.60. The largest absolute Gasteiger partial charge is 0.368 e. The fourth-order valence-corrected chi connectivity index (χ4v) is 4.24. The van der Waals surface area contributed by atoms with Gasteiger partial charge in [0.25, 0.3) is 0 Å². The number of rotatable bonds is 6. The number of hydrogen-bond donors (Lipinski definition) is 2. The van der Waals surface area contributed by atoms with Crippen LogP contribution in [0.25, 0.3) is 11.1 Å². The summed E-state index contributed by atoms with van der Waals surface area (Å²) in [5, 5.41) is 0. The molecular formula is C25H27N5O2. The maximum absolute atomic E-state index is 12.9. The van der Waals surface area contributed by atoms with Crippen LogP contribution < -0.4 is 11.5 Å². The standard InChI is InChI=1S/C25H27N5O2/c26-24(32)19-11-9-18(10-12-19)21-15-28-25(27)29-23(21)20-7-4-14-30(16-20)22(31)13-8-17-5-2-1-3-6-17/h1-3,5-6,9-12,15,20H,4,7-8,13-14,16H2,(H2,26,32)(H2,27,28,29)/t20-/m1/s1. The third-order valence-corrected chi connectivity index (χ3v) is 5.95. The molecule has 2 amide bonds. The minimum Gasteiger partial charge on any atom is -0.368 e. The van der Waals surface area contributed by atoms with E-state index in [4.69, 9.17) is 11.5 Å². The molecule has 0 bridgehead atoms. The van der Waals surface area contributed by atoms with Gasteiger partial charge in [-0.1, -0.05) is 42.5 Å². The Hall–Kier alpha value is -3.74. The van der Waals surface area contributed by atoms with Gasteiger partial charge in [0.15, 0.2) is 0 Å². The van der Waals surface area contributed by atoms with E-state index in [0.717, 1.165) is 42.6 Å². The van der Waals surface area contributed by atoms with Gasteiger partial charge in [-0.3, -0.25) is 9.59 Å². The highest BCUT2D eigenvalue weighted by atomic mass is 16.2. The third-order valence-electron chi connectivity index (χ3n) is 5.95. The van der Waals surface area contributed by atoms with Gasteiger partial charge in [-0.05, 0) is 42.5 Å². The Morgan fingerprint density at radius 1 is 1.06 bits per heavy atom. The molecule has 7 nitrogen and oxygen atoms in total. The summed E-state index contributed by atoms with van der Waals surface area (Å²) >= 11 is 0. The fourth-order valence-electron chi connectivity index (χ4n) is 4.24. The zero-order valence-corrected chi connectivity index (χ0v) is 17.9. The molecule has 1 aliphatic rings. The number of nitrogens with two attached hydrogens (primary N) is 2.